The number of aromatic nitrogens is 2. The average Bonchev–Trinajstić information content (AvgIpc) is 2.87. The molecular formula is C14H21N4O4S+. The minimum atomic E-state index is -3.58. The number of imidazole rings is 1. The standard InChI is InChI=1S/C14H20N4O4S/c1-17-5-6-18(10-17)4-3-7-23(20,21)16-12-9-14(22-2)11(15)8-13(12)19/h5-6,8-10,16H,3-4,7,15H2,1-2H3/p+1. The van der Waals surface area contributed by atoms with Gasteiger partial charge in [0.15, 0.2) is 0 Å². The van der Waals surface area contributed by atoms with E-state index in [2.05, 4.69) is 4.72 Å². The number of benzene rings is 1. The molecule has 4 N–H and O–H groups in total. The molecule has 1 heterocycles. The molecule has 2 rings (SSSR count). The fourth-order valence-electron chi connectivity index (χ4n) is 2.13. The number of aryl methyl sites for hydroxylation is 2. The van der Waals surface area contributed by atoms with E-state index >= 15 is 0 Å². The number of hydrogen-bond donors (Lipinski definition) is 3. The molecule has 126 valence electrons. The molecule has 9 heteroatoms. The molecule has 0 saturated heterocycles. The van der Waals surface area contributed by atoms with Gasteiger partial charge in [0.2, 0.25) is 16.4 Å². The number of sulfonamides is 1. The Balaban J connectivity index is 2.00. The molecule has 0 amide bonds. The summed E-state index contributed by atoms with van der Waals surface area (Å²) in [6.07, 6.45) is 6.07. The number of aromatic hydroxyl groups is 1. The van der Waals surface area contributed by atoms with Gasteiger partial charge in [-0.05, 0) is 0 Å². The fraction of sp³-hybridized carbons (Fsp3) is 0.357. The van der Waals surface area contributed by atoms with E-state index in [4.69, 9.17) is 10.5 Å². The van der Waals surface area contributed by atoms with Crippen LogP contribution >= 0.6 is 0 Å². The first-order valence-electron chi connectivity index (χ1n) is 6.99. The van der Waals surface area contributed by atoms with Crippen molar-refractivity contribution in [3.63, 3.8) is 0 Å². The number of nitrogen functional groups attached to an aromatic ring is 1. The summed E-state index contributed by atoms with van der Waals surface area (Å²) in [5.41, 5.74) is 5.92. The van der Waals surface area contributed by atoms with Crippen LogP contribution < -0.4 is 19.8 Å². The third-order valence-electron chi connectivity index (χ3n) is 3.27. The molecule has 0 aliphatic rings. The number of phenolic OH excluding ortho intramolecular Hbond substituents is 1. The Morgan fingerprint density at radius 1 is 1.43 bits per heavy atom. The number of anilines is 2. The molecule has 0 spiro atoms. The van der Waals surface area contributed by atoms with E-state index in [1.165, 1.54) is 19.2 Å². The van der Waals surface area contributed by atoms with Crippen molar-refractivity contribution in [1.82, 2.24) is 4.57 Å². The normalized spacial score (nSPS) is 11.4. The molecule has 0 aliphatic heterocycles. The number of hydrogen-bond acceptors (Lipinski definition) is 5. The van der Waals surface area contributed by atoms with Crippen molar-refractivity contribution >= 4 is 21.4 Å². The highest BCUT2D eigenvalue weighted by molar-refractivity contribution is 7.92. The lowest BCUT2D eigenvalue weighted by molar-refractivity contribution is -0.671. The van der Waals surface area contributed by atoms with E-state index in [9.17, 15) is 13.5 Å². The van der Waals surface area contributed by atoms with Crippen LogP contribution in [0.5, 0.6) is 11.5 Å². The molecule has 2 aromatic rings. The second-order valence-corrected chi connectivity index (χ2v) is 7.04. The Morgan fingerprint density at radius 3 is 2.78 bits per heavy atom. The average molecular weight is 341 g/mol. The van der Waals surface area contributed by atoms with Crippen LogP contribution in [0.25, 0.3) is 0 Å². The molecule has 23 heavy (non-hydrogen) atoms. The third-order valence-corrected chi connectivity index (χ3v) is 4.62. The summed E-state index contributed by atoms with van der Waals surface area (Å²) in [6.45, 7) is 0.582. The maximum Gasteiger partial charge on any atom is 0.243 e. The van der Waals surface area contributed by atoms with Crippen LogP contribution in [0.3, 0.4) is 0 Å². The van der Waals surface area contributed by atoms with E-state index < -0.39 is 10.0 Å². The molecule has 1 aromatic heterocycles. The molecule has 0 saturated carbocycles. The number of methoxy groups -OCH3 is 1. The Hall–Kier alpha value is -2.42. The van der Waals surface area contributed by atoms with E-state index in [1.54, 1.807) is 0 Å². The van der Waals surface area contributed by atoms with E-state index in [0.29, 0.717) is 18.7 Å². The van der Waals surface area contributed by atoms with Gasteiger partial charge in [-0.2, -0.15) is 0 Å². The van der Waals surface area contributed by atoms with Gasteiger partial charge >= 0.3 is 0 Å². The molecule has 8 nitrogen and oxygen atoms in total. The minimum Gasteiger partial charge on any atom is -0.506 e. The van der Waals surface area contributed by atoms with Crippen LogP contribution in [0.15, 0.2) is 30.9 Å². The highest BCUT2D eigenvalue weighted by atomic mass is 32.2. The monoisotopic (exact) mass is 341 g/mol. The van der Waals surface area contributed by atoms with Gasteiger partial charge in [0.1, 0.15) is 23.9 Å². The second kappa shape index (κ2) is 6.78. The molecular weight excluding hydrogens is 320 g/mol. The van der Waals surface area contributed by atoms with Crippen LogP contribution in [-0.4, -0.2) is 31.0 Å². The Labute approximate surface area is 135 Å². The maximum atomic E-state index is 12.1. The van der Waals surface area contributed by atoms with Gasteiger partial charge in [0, 0.05) is 18.6 Å². The van der Waals surface area contributed by atoms with Crippen LogP contribution in [0, 0.1) is 0 Å². The number of nitrogens with one attached hydrogen (secondary N) is 1. The molecule has 0 bridgehead atoms. The molecule has 0 unspecified atom stereocenters. The van der Waals surface area contributed by atoms with Gasteiger partial charge in [0.05, 0.1) is 37.8 Å². The Bertz CT molecular complexity index is 786. The topological polar surface area (TPSA) is 110 Å². The predicted molar refractivity (Wildman–Crippen MR) is 86.7 cm³/mol. The van der Waals surface area contributed by atoms with Crippen molar-refractivity contribution < 1.29 is 22.8 Å². The van der Waals surface area contributed by atoms with Crippen molar-refractivity contribution in [2.24, 2.45) is 7.05 Å². The van der Waals surface area contributed by atoms with Gasteiger partial charge in [-0.15, -0.1) is 0 Å². The second-order valence-electron chi connectivity index (χ2n) is 5.20. The van der Waals surface area contributed by atoms with Gasteiger partial charge in [-0.25, -0.2) is 17.6 Å². The van der Waals surface area contributed by atoms with E-state index in [-0.39, 0.29) is 22.9 Å². The zero-order chi connectivity index (χ0) is 17.0. The smallest absolute Gasteiger partial charge is 0.243 e. The van der Waals surface area contributed by atoms with Gasteiger partial charge < -0.3 is 15.6 Å². The molecule has 1 aromatic carbocycles. The zero-order valence-electron chi connectivity index (χ0n) is 13.1. The summed E-state index contributed by atoms with van der Waals surface area (Å²) < 4.78 is 35.4. The summed E-state index contributed by atoms with van der Waals surface area (Å²) in [5.74, 6) is -0.0225. The Morgan fingerprint density at radius 2 is 2.17 bits per heavy atom. The van der Waals surface area contributed by atoms with E-state index in [1.807, 2.05) is 34.9 Å². The fourth-order valence-corrected chi connectivity index (χ4v) is 3.24. The number of rotatable bonds is 7. The minimum absolute atomic E-state index is 0.0448. The van der Waals surface area contributed by atoms with Crippen molar-refractivity contribution in [3.05, 3.63) is 30.9 Å². The lowest BCUT2D eigenvalue weighted by atomic mass is 10.2. The summed E-state index contributed by atoms with van der Waals surface area (Å²) in [5, 5.41) is 9.81. The van der Waals surface area contributed by atoms with Crippen LogP contribution in [-0.2, 0) is 23.6 Å². The highest BCUT2D eigenvalue weighted by Gasteiger charge is 2.16. The summed E-state index contributed by atoms with van der Waals surface area (Å²) in [6, 6.07) is 2.60. The third kappa shape index (κ3) is 4.52. The lowest BCUT2D eigenvalue weighted by Crippen LogP contribution is -2.24. The first kappa shape index (κ1) is 16.9. The van der Waals surface area contributed by atoms with Crippen LogP contribution in [0.2, 0.25) is 0 Å². The first-order chi connectivity index (χ1) is 10.8. The quantitative estimate of drug-likeness (QED) is 0.384. The number of nitrogens with two attached hydrogens (primary N) is 1. The first-order valence-corrected chi connectivity index (χ1v) is 8.64. The Kier molecular flexibility index (Phi) is 4.99. The number of nitrogens with zero attached hydrogens (tertiary/aromatic N) is 2. The van der Waals surface area contributed by atoms with Crippen LogP contribution in [0.4, 0.5) is 11.4 Å². The zero-order valence-corrected chi connectivity index (χ0v) is 13.9. The summed E-state index contributed by atoms with van der Waals surface area (Å²) >= 11 is 0. The highest BCUT2D eigenvalue weighted by Crippen LogP contribution is 2.34. The SMILES string of the molecule is COc1cc(NS(=O)(=O)CCCn2cc[n+](C)c2)c(O)cc1N. The molecule has 0 atom stereocenters. The van der Waals surface area contributed by atoms with Gasteiger partial charge in [-0.1, -0.05) is 0 Å². The van der Waals surface area contributed by atoms with Gasteiger partial charge in [-0.3, -0.25) is 4.72 Å². The van der Waals surface area contributed by atoms with Crippen molar-refractivity contribution in [2.75, 3.05) is 23.3 Å². The van der Waals surface area contributed by atoms with Crippen molar-refractivity contribution in [2.45, 2.75) is 13.0 Å². The molecule has 0 radical (unpaired) electrons. The molecule has 0 fully saturated rings. The van der Waals surface area contributed by atoms with Gasteiger partial charge in [0.25, 0.3) is 0 Å². The maximum absolute atomic E-state index is 12.1. The van der Waals surface area contributed by atoms with Crippen molar-refractivity contribution in [1.29, 1.82) is 0 Å². The van der Waals surface area contributed by atoms with E-state index in [0.717, 1.165) is 0 Å². The number of ether oxygens (including phenoxy) is 1. The summed E-state index contributed by atoms with van der Waals surface area (Å²) in [4.78, 5) is 0. The summed E-state index contributed by atoms with van der Waals surface area (Å²) in [7, 11) is -0.275. The predicted octanol–water partition coefficient (Wildman–Crippen LogP) is 0.441. The molecule has 0 aliphatic carbocycles. The number of phenols is 1. The lowest BCUT2D eigenvalue weighted by Gasteiger charge is -2.12. The largest absolute Gasteiger partial charge is 0.506 e. The van der Waals surface area contributed by atoms with Crippen LogP contribution in [0.1, 0.15) is 6.42 Å². The van der Waals surface area contributed by atoms with Crippen molar-refractivity contribution in [3.8, 4) is 11.5 Å².